The van der Waals surface area contributed by atoms with Crippen LogP contribution in [-0.2, 0) is 24.2 Å². The minimum Gasteiger partial charge on any atom is -0.325 e. The molecule has 1 aromatic carbocycles. The van der Waals surface area contributed by atoms with Gasteiger partial charge in [0, 0.05) is 17.4 Å². The molecule has 0 spiro atoms. The summed E-state index contributed by atoms with van der Waals surface area (Å²) in [6, 6.07) is 9.12. The van der Waals surface area contributed by atoms with Crippen LogP contribution in [0.5, 0.6) is 0 Å². The molecule has 110 valence electrons. The highest BCUT2D eigenvalue weighted by atomic mass is 16.2. The molecule has 0 saturated heterocycles. The number of carbonyl (C=O) groups is 1. The van der Waals surface area contributed by atoms with Gasteiger partial charge in [-0.05, 0) is 30.5 Å². The first kappa shape index (κ1) is 15.0. The number of rotatable bonds is 5. The van der Waals surface area contributed by atoms with Gasteiger partial charge in [0.1, 0.15) is 6.54 Å². The number of hydrogen-bond acceptors (Lipinski definition) is 3. The van der Waals surface area contributed by atoms with Gasteiger partial charge >= 0.3 is 0 Å². The van der Waals surface area contributed by atoms with Gasteiger partial charge in [0.05, 0.1) is 6.33 Å². The topological polar surface area (TPSA) is 64.0 Å². The molecule has 2 rings (SSSR count). The van der Waals surface area contributed by atoms with E-state index in [1.807, 2.05) is 31.2 Å². The second-order valence-electron chi connectivity index (χ2n) is 4.80. The number of hydrogen-bond donors (Lipinski definition) is 1. The summed E-state index contributed by atoms with van der Waals surface area (Å²) in [5.74, 6) is -0.243. The van der Waals surface area contributed by atoms with Crippen LogP contribution in [0, 0.1) is 0 Å². The molecule has 1 aromatic heterocycles. The number of benzene rings is 1. The van der Waals surface area contributed by atoms with Crippen molar-refractivity contribution in [3.63, 3.8) is 0 Å². The molecule has 2 aromatic rings. The zero-order chi connectivity index (χ0) is 15.2. The Hall–Kier alpha value is -2.43. The molecular formula is C16H19N3O2. The summed E-state index contributed by atoms with van der Waals surface area (Å²) in [5, 5.41) is 2.77. The zero-order valence-corrected chi connectivity index (χ0v) is 12.3. The molecule has 0 radical (unpaired) electrons. The molecule has 0 atom stereocenters. The molecule has 5 nitrogen and oxygen atoms in total. The van der Waals surface area contributed by atoms with Crippen molar-refractivity contribution in [2.75, 3.05) is 5.32 Å². The summed E-state index contributed by atoms with van der Waals surface area (Å²) in [6.07, 6.45) is 3.08. The number of aryl methyl sites for hydroxylation is 2. The quantitative estimate of drug-likeness (QED) is 0.914. The van der Waals surface area contributed by atoms with Crippen molar-refractivity contribution < 1.29 is 4.79 Å². The van der Waals surface area contributed by atoms with Crippen LogP contribution in [-0.4, -0.2) is 15.5 Å². The molecule has 5 heteroatoms. The lowest BCUT2D eigenvalue weighted by Crippen LogP contribution is -2.27. The molecule has 21 heavy (non-hydrogen) atoms. The smallest absolute Gasteiger partial charge is 0.253 e. The highest BCUT2D eigenvalue weighted by molar-refractivity contribution is 5.90. The molecule has 0 bridgehead atoms. The Labute approximate surface area is 123 Å². The van der Waals surface area contributed by atoms with Crippen LogP contribution in [0.3, 0.4) is 0 Å². The van der Waals surface area contributed by atoms with Crippen molar-refractivity contribution in [2.45, 2.75) is 33.2 Å². The van der Waals surface area contributed by atoms with Gasteiger partial charge in [-0.1, -0.05) is 26.0 Å². The average Bonchev–Trinajstić information content (AvgIpc) is 2.50. The molecule has 0 aliphatic heterocycles. The highest BCUT2D eigenvalue weighted by Crippen LogP contribution is 2.09. The second kappa shape index (κ2) is 6.83. The summed E-state index contributed by atoms with van der Waals surface area (Å²) in [5.41, 5.74) is 2.46. The van der Waals surface area contributed by atoms with E-state index in [-0.39, 0.29) is 18.0 Å². The maximum absolute atomic E-state index is 11.9. The summed E-state index contributed by atoms with van der Waals surface area (Å²) in [6.45, 7) is 3.97. The lowest BCUT2D eigenvalue weighted by molar-refractivity contribution is -0.116. The molecular weight excluding hydrogens is 266 g/mol. The van der Waals surface area contributed by atoms with Gasteiger partial charge in [-0.25, -0.2) is 4.98 Å². The first-order valence-corrected chi connectivity index (χ1v) is 7.06. The molecule has 0 unspecified atom stereocenters. The molecule has 0 saturated carbocycles. The molecule has 1 heterocycles. The van der Waals surface area contributed by atoms with Crippen LogP contribution in [0.15, 0.2) is 41.5 Å². The van der Waals surface area contributed by atoms with Crippen LogP contribution in [0.25, 0.3) is 0 Å². The van der Waals surface area contributed by atoms with Gasteiger partial charge < -0.3 is 5.32 Å². The lowest BCUT2D eigenvalue weighted by Gasteiger charge is -2.08. The maximum Gasteiger partial charge on any atom is 0.253 e. The van der Waals surface area contributed by atoms with E-state index < -0.39 is 0 Å². The average molecular weight is 285 g/mol. The van der Waals surface area contributed by atoms with Crippen molar-refractivity contribution in [3.05, 3.63) is 58.3 Å². The Balaban J connectivity index is 2.02. The first-order chi connectivity index (χ1) is 10.1. The van der Waals surface area contributed by atoms with Crippen molar-refractivity contribution in [3.8, 4) is 0 Å². The predicted octanol–water partition coefficient (Wildman–Crippen LogP) is 2.01. The van der Waals surface area contributed by atoms with Gasteiger partial charge in [0.2, 0.25) is 5.91 Å². The Morgan fingerprint density at radius 2 is 1.90 bits per heavy atom. The van der Waals surface area contributed by atoms with Gasteiger partial charge in [0.25, 0.3) is 5.56 Å². The van der Waals surface area contributed by atoms with Gasteiger partial charge in [-0.3, -0.25) is 14.2 Å². The van der Waals surface area contributed by atoms with Crippen molar-refractivity contribution in [2.24, 2.45) is 0 Å². The SMILES string of the molecule is CCc1ccc(NC(=O)Cn2cnc(CC)cc2=O)cc1. The summed E-state index contributed by atoms with van der Waals surface area (Å²) < 4.78 is 1.30. The number of carbonyl (C=O) groups excluding carboxylic acids is 1. The Morgan fingerprint density at radius 1 is 1.19 bits per heavy atom. The summed E-state index contributed by atoms with van der Waals surface area (Å²) in [4.78, 5) is 27.9. The van der Waals surface area contributed by atoms with Crippen LogP contribution in [0.2, 0.25) is 0 Å². The standard InChI is InChI=1S/C16H19N3O2/c1-3-12-5-7-14(8-6-12)18-15(20)10-19-11-17-13(4-2)9-16(19)21/h5-9,11H,3-4,10H2,1-2H3,(H,18,20). The highest BCUT2D eigenvalue weighted by Gasteiger charge is 2.06. The maximum atomic E-state index is 11.9. The van der Waals surface area contributed by atoms with E-state index in [0.29, 0.717) is 6.42 Å². The van der Waals surface area contributed by atoms with E-state index in [2.05, 4.69) is 17.2 Å². The largest absolute Gasteiger partial charge is 0.325 e. The molecule has 0 aliphatic carbocycles. The minimum absolute atomic E-state index is 0.0364. The number of nitrogens with zero attached hydrogens (tertiary/aromatic N) is 2. The monoisotopic (exact) mass is 285 g/mol. The fourth-order valence-electron chi connectivity index (χ4n) is 1.95. The molecule has 0 fully saturated rings. The number of amides is 1. The Kier molecular flexibility index (Phi) is 4.87. The summed E-state index contributed by atoms with van der Waals surface area (Å²) in [7, 11) is 0. The fourth-order valence-corrected chi connectivity index (χ4v) is 1.95. The van der Waals surface area contributed by atoms with E-state index in [0.717, 1.165) is 17.8 Å². The van der Waals surface area contributed by atoms with Crippen LogP contribution in [0.4, 0.5) is 5.69 Å². The van der Waals surface area contributed by atoms with E-state index in [4.69, 9.17) is 0 Å². The third-order valence-electron chi connectivity index (χ3n) is 3.26. The van der Waals surface area contributed by atoms with E-state index in [9.17, 15) is 9.59 Å². The van der Waals surface area contributed by atoms with E-state index >= 15 is 0 Å². The normalized spacial score (nSPS) is 10.4. The van der Waals surface area contributed by atoms with Gasteiger partial charge in [0.15, 0.2) is 0 Å². The summed E-state index contributed by atoms with van der Waals surface area (Å²) >= 11 is 0. The van der Waals surface area contributed by atoms with Crippen LogP contribution >= 0.6 is 0 Å². The van der Waals surface area contributed by atoms with Crippen molar-refractivity contribution >= 4 is 11.6 Å². The fraction of sp³-hybridized carbons (Fsp3) is 0.312. The van der Waals surface area contributed by atoms with Gasteiger partial charge in [-0.2, -0.15) is 0 Å². The van der Waals surface area contributed by atoms with Crippen LogP contribution in [0.1, 0.15) is 25.1 Å². The van der Waals surface area contributed by atoms with Crippen LogP contribution < -0.4 is 10.9 Å². The molecule has 1 amide bonds. The van der Waals surface area contributed by atoms with Crippen molar-refractivity contribution in [1.82, 2.24) is 9.55 Å². The van der Waals surface area contributed by atoms with Gasteiger partial charge in [-0.15, -0.1) is 0 Å². The predicted molar refractivity (Wildman–Crippen MR) is 82.3 cm³/mol. The second-order valence-corrected chi connectivity index (χ2v) is 4.80. The minimum atomic E-state index is -0.243. The zero-order valence-electron chi connectivity index (χ0n) is 12.3. The molecule has 1 N–H and O–H groups in total. The third kappa shape index (κ3) is 4.02. The van der Waals surface area contributed by atoms with E-state index in [1.165, 1.54) is 22.5 Å². The van der Waals surface area contributed by atoms with E-state index in [1.54, 1.807) is 0 Å². The number of anilines is 1. The third-order valence-corrected chi connectivity index (χ3v) is 3.26. The number of aromatic nitrogens is 2. The Morgan fingerprint density at radius 3 is 2.48 bits per heavy atom. The lowest BCUT2D eigenvalue weighted by atomic mass is 10.1. The molecule has 0 aliphatic rings. The first-order valence-electron chi connectivity index (χ1n) is 7.06. The number of nitrogens with one attached hydrogen (secondary N) is 1. The Bertz CT molecular complexity index is 675. The van der Waals surface area contributed by atoms with Crippen molar-refractivity contribution in [1.29, 1.82) is 0 Å².